The molecule has 1 aromatic carbocycles. The van der Waals surface area contributed by atoms with E-state index in [4.69, 9.17) is 15.7 Å². The van der Waals surface area contributed by atoms with Crippen LogP contribution in [0.15, 0.2) is 47.5 Å². The molecule has 8 heteroatoms. The Balaban J connectivity index is 1.44. The van der Waals surface area contributed by atoms with Crippen molar-refractivity contribution in [3.63, 3.8) is 0 Å². The van der Waals surface area contributed by atoms with Crippen LogP contribution in [0.2, 0.25) is 0 Å². The summed E-state index contributed by atoms with van der Waals surface area (Å²) in [6.07, 6.45) is 6.15. The maximum atomic E-state index is 12.6. The SMILES string of the molecule is Nc1ccc(C(=O)Nc2cccc(-c3nc4c(c(N5CCCCC5)n3)SCC4)c2)cn1. The summed E-state index contributed by atoms with van der Waals surface area (Å²) in [4.78, 5) is 30.0. The number of hydrogen-bond donors (Lipinski definition) is 2. The van der Waals surface area contributed by atoms with E-state index in [0.717, 1.165) is 42.3 Å². The smallest absolute Gasteiger partial charge is 0.257 e. The summed E-state index contributed by atoms with van der Waals surface area (Å²) in [5.41, 5.74) is 8.79. The topological polar surface area (TPSA) is 97.0 Å². The second kappa shape index (κ2) is 8.55. The number of piperidine rings is 1. The first kappa shape index (κ1) is 19.8. The monoisotopic (exact) mass is 432 g/mol. The molecule has 5 rings (SSSR count). The molecule has 2 aromatic heterocycles. The van der Waals surface area contributed by atoms with Crippen LogP contribution in [0.5, 0.6) is 0 Å². The fourth-order valence-corrected chi connectivity index (χ4v) is 5.10. The highest BCUT2D eigenvalue weighted by Crippen LogP contribution is 2.39. The third-order valence-electron chi connectivity index (χ3n) is 5.59. The number of aromatic nitrogens is 3. The van der Waals surface area contributed by atoms with Gasteiger partial charge in [-0.15, -0.1) is 11.8 Å². The van der Waals surface area contributed by atoms with Gasteiger partial charge in [0, 0.05) is 42.7 Å². The van der Waals surface area contributed by atoms with E-state index in [-0.39, 0.29) is 5.91 Å². The molecule has 3 aromatic rings. The number of nitrogens with one attached hydrogen (secondary N) is 1. The second-order valence-electron chi connectivity index (χ2n) is 7.80. The van der Waals surface area contributed by atoms with Gasteiger partial charge in [-0.05, 0) is 43.5 Å². The first-order valence-electron chi connectivity index (χ1n) is 10.6. The lowest BCUT2D eigenvalue weighted by atomic mass is 10.1. The lowest BCUT2D eigenvalue weighted by molar-refractivity contribution is 0.102. The molecular formula is C23H24N6OS. The molecule has 0 aliphatic carbocycles. The quantitative estimate of drug-likeness (QED) is 0.643. The van der Waals surface area contributed by atoms with Crippen molar-refractivity contribution in [3.05, 3.63) is 53.9 Å². The number of nitrogen functional groups attached to an aromatic ring is 1. The maximum absolute atomic E-state index is 12.6. The third kappa shape index (κ3) is 4.20. The zero-order valence-corrected chi connectivity index (χ0v) is 18.0. The van der Waals surface area contributed by atoms with Crippen molar-refractivity contribution in [2.75, 3.05) is 34.8 Å². The van der Waals surface area contributed by atoms with Gasteiger partial charge in [0.1, 0.15) is 11.6 Å². The summed E-state index contributed by atoms with van der Waals surface area (Å²) in [5, 5.41) is 2.93. The molecule has 4 heterocycles. The second-order valence-corrected chi connectivity index (χ2v) is 8.90. The Morgan fingerprint density at radius 1 is 1.10 bits per heavy atom. The Bertz CT molecular complexity index is 1110. The average molecular weight is 433 g/mol. The number of fused-ring (bicyclic) bond motifs is 1. The number of nitrogens with zero attached hydrogens (tertiary/aromatic N) is 4. The number of benzene rings is 1. The van der Waals surface area contributed by atoms with E-state index in [1.807, 2.05) is 36.0 Å². The van der Waals surface area contributed by atoms with Crippen molar-refractivity contribution in [1.82, 2.24) is 15.0 Å². The van der Waals surface area contributed by atoms with Gasteiger partial charge in [0.15, 0.2) is 5.82 Å². The molecule has 0 radical (unpaired) electrons. The van der Waals surface area contributed by atoms with Crippen LogP contribution in [-0.4, -0.2) is 39.7 Å². The minimum atomic E-state index is -0.232. The van der Waals surface area contributed by atoms with Gasteiger partial charge in [-0.1, -0.05) is 12.1 Å². The number of carbonyl (C=O) groups excluding carboxylic acids is 1. The molecule has 3 N–H and O–H groups in total. The van der Waals surface area contributed by atoms with Gasteiger partial charge in [0.25, 0.3) is 5.91 Å². The van der Waals surface area contributed by atoms with Crippen LogP contribution in [0.25, 0.3) is 11.4 Å². The predicted molar refractivity (Wildman–Crippen MR) is 125 cm³/mol. The average Bonchev–Trinajstić information content (AvgIpc) is 3.28. The number of amides is 1. The number of nitrogens with two attached hydrogens (primary N) is 1. The minimum absolute atomic E-state index is 0.232. The zero-order valence-electron chi connectivity index (χ0n) is 17.2. The standard InChI is InChI=1S/C23H24N6OS/c24-19-8-7-16(14-25-19)23(30)26-17-6-4-5-15(13-17)21-27-18-9-12-31-20(18)22(28-21)29-10-2-1-3-11-29/h4-8,13-14H,1-3,9-12H2,(H2,24,25)(H,26,30). The molecule has 1 fully saturated rings. The molecule has 2 aliphatic heterocycles. The molecule has 0 atom stereocenters. The van der Waals surface area contributed by atoms with Crippen molar-refractivity contribution in [1.29, 1.82) is 0 Å². The molecule has 158 valence electrons. The van der Waals surface area contributed by atoms with Crippen molar-refractivity contribution in [3.8, 4) is 11.4 Å². The molecule has 31 heavy (non-hydrogen) atoms. The van der Waals surface area contributed by atoms with E-state index in [0.29, 0.717) is 22.9 Å². The number of hydrogen-bond acceptors (Lipinski definition) is 7. The van der Waals surface area contributed by atoms with Gasteiger partial charge in [-0.2, -0.15) is 0 Å². The minimum Gasteiger partial charge on any atom is -0.384 e. The predicted octanol–water partition coefficient (Wildman–Crippen LogP) is 4.01. The van der Waals surface area contributed by atoms with E-state index in [1.165, 1.54) is 30.4 Å². The Morgan fingerprint density at radius 2 is 1.97 bits per heavy atom. The van der Waals surface area contributed by atoms with Crippen molar-refractivity contribution < 1.29 is 4.79 Å². The van der Waals surface area contributed by atoms with E-state index in [2.05, 4.69) is 15.2 Å². The number of anilines is 3. The number of pyridine rings is 1. The number of thioether (sulfide) groups is 1. The van der Waals surface area contributed by atoms with E-state index in [9.17, 15) is 4.79 Å². The van der Waals surface area contributed by atoms with Crippen molar-refractivity contribution >= 4 is 35.0 Å². The summed E-state index contributed by atoms with van der Waals surface area (Å²) in [7, 11) is 0. The summed E-state index contributed by atoms with van der Waals surface area (Å²) in [5.74, 6) is 3.00. The maximum Gasteiger partial charge on any atom is 0.257 e. The molecule has 1 saturated heterocycles. The van der Waals surface area contributed by atoms with Crippen LogP contribution in [0.4, 0.5) is 17.3 Å². The molecule has 2 aliphatic rings. The van der Waals surface area contributed by atoms with Gasteiger partial charge in [-0.25, -0.2) is 15.0 Å². The van der Waals surface area contributed by atoms with Crippen LogP contribution in [0.1, 0.15) is 35.3 Å². The number of rotatable bonds is 4. The summed E-state index contributed by atoms with van der Waals surface area (Å²) >= 11 is 1.86. The van der Waals surface area contributed by atoms with Gasteiger partial charge in [0.2, 0.25) is 0 Å². The molecule has 0 unspecified atom stereocenters. The van der Waals surface area contributed by atoms with Crippen molar-refractivity contribution in [2.24, 2.45) is 0 Å². The highest BCUT2D eigenvalue weighted by Gasteiger charge is 2.25. The normalized spacial score (nSPS) is 15.5. The Hall–Kier alpha value is -3.13. The third-order valence-corrected chi connectivity index (χ3v) is 6.70. The fraction of sp³-hybridized carbons (Fsp3) is 0.304. The molecule has 0 saturated carbocycles. The van der Waals surface area contributed by atoms with E-state index < -0.39 is 0 Å². The van der Waals surface area contributed by atoms with Gasteiger partial charge >= 0.3 is 0 Å². The first-order valence-corrected chi connectivity index (χ1v) is 11.6. The highest BCUT2D eigenvalue weighted by molar-refractivity contribution is 7.99. The summed E-state index contributed by atoms with van der Waals surface area (Å²) in [6.45, 7) is 2.10. The fourth-order valence-electron chi connectivity index (χ4n) is 3.98. The zero-order chi connectivity index (χ0) is 21.2. The van der Waals surface area contributed by atoms with Gasteiger partial charge in [0.05, 0.1) is 16.2 Å². The Morgan fingerprint density at radius 3 is 2.77 bits per heavy atom. The highest BCUT2D eigenvalue weighted by atomic mass is 32.2. The molecule has 7 nitrogen and oxygen atoms in total. The van der Waals surface area contributed by atoms with Crippen LogP contribution < -0.4 is 16.0 Å². The first-order chi connectivity index (χ1) is 15.2. The lowest BCUT2D eigenvalue weighted by Crippen LogP contribution is -2.31. The summed E-state index contributed by atoms with van der Waals surface area (Å²) < 4.78 is 0. The van der Waals surface area contributed by atoms with Crippen LogP contribution >= 0.6 is 11.8 Å². The van der Waals surface area contributed by atoms with Gasteiger partial charge < -0.3 is 16.0 Å². The van der Waals surface area contributed by atoms with Gasteiger partial charge in [-0.3, -0.25) is 4.79 Å². The number of aryl methyl sites for hydroxylation is 1. The van der Waals surface area contributed by atoms with Crippen LogP contribution in [-0.2, 0) is 6.42 Å². The Kier molecular flexibility index (Phi) is 5.46. The molecule has 0 spiro atoms. The van der Waals surface area contributed by atoms with E-state index in [1.54, 1.807) is 12.1 Å². The van der Waals surface area contributed by atoms with Crippen molar-refractivity contribution in [2.45, 2.75) is 30.6 Å². The molecule has 0 bridgehead atoms. The number of carbonyl (C=O) groups is 1. The molecular weight excluding hydrogens is 408 g/mol. The van der Waals surface area contributed by atoms with E-state index >= 15 is 0 Å². The molecule has 1 amide bonds. The van der Waals surface area contributed by atoms with Crippen LogP contribution in [0, 0.1) is 0 Å². The summed E-state index contributed by atoms with van der Waals surface area (Å²) in [6, 6.07) is 11.0. The largest absolute Gasteiger partial charge is 0.384 e. The van der Waals surface area contributed by atoms with Crippen LogP contribution in [0.3, 0.4) is 0 Å². The Labute approximate surface area is 185 Å². The lowest BCUT2D eigenvalue weighted by Gasteiger charge is -2.29.